The molecule has 8 nitrogen and oxygen atoms in total. The highest BCUT2D eigenvalue weighted by Gasteiger charge is 2.27. The highest BCUT2D eigenvalue weighted by Crippen LogP contribution is 2.45. The van der Waals surface area contributed by atoms with Gasteiger partial charge in [0, 0.05) is 7.11 Å². The third-order valence-electron chi connectivity index (χ3n) is 2.55. The zero-order valence-corrected chi connectivity index (χ0v) is 11.8. The molecule has 8 heteroatoms. The van der Waals surface area contributed by atoms with E-state index >= 15 is 0 Å². The molecule has 0 heterocycles. The predicted molar refractivity (Wildman–Crippen MR) is 69.4 cm³/mol. The van der Waals surface area contributed by atoms with Gasteiger partial charge in [-0.3, -0.25) is 10.1 Å². The van der Waals surface area contributed by atoms with Gasteiger partial charge in [0.15, 0.2) is 11.5 Å². The largest absolute Gasteiger partial charge is 0.492 e. The molecule has 0 aromatic heterocycles. The molecule has 0 fully saturated rings. The van der Waals surface area contributed by atoms with Crippen LogP contribution in [0.25, 0.3) is 0 Å². The van der Waals surface area contributed by atoms with E-state index in [4.69, 9.17) is 23.7 Å². The molecule has 0 aliphatic heterocycles. The van der Waals surface area contributed by atoms with Gasteiger partial charge < -0.3 is 23.7 Å². The van der Waals surface area contributed by atoms with Crippen LogP contribution in [0.5, 0.6) is 17.2 Å². The first-order valence-corrected chi connectivity index (χ1v) is 5.63. The Morgan fingerprint density at radius 2 is 1.75 bits per heavy atom. The van der Waals surface area contributed by atoms with Gasteiger partial charge in [-0.05, 0) is 0 Å². The van der Waals surface area contributed by atoms with Crippen LogP contribution in [0.2, 0.25) is 0 Å². The molecule has 0 aliphatic rings. The minimum atomic E-state index is -0.532. The molecule has 1 aromatic carbocycles. The van der Waals surface area contributed by atoms with Crippen LogP contribution in [0.3, 0.4) is 0 Å². The Morgan fingerprint density at radius 1 is 1.10 bits per heavy atom. The van der Waals surface area contributed by atoms with Crippen molar-refractivity contribution in [2.45, 2.75) is 6.61 Å². The van der Waals surface area contributed by atoms with E-state index in [2.05, 4.69) is 0 Å². The van der Waals surface area contributed by atoms with Crippen molar-refractivity contribution in [2.75, 3.05) is 35.2 Å². The molecule has 0 unspecified atom stereocenters. The Morgan fingerprint density at radius 3 is 2.20 bits per heavy atom. The molecule has 1 rings (SSSR count). The second-order valence-electron chi connectivity index (χ2n) is 3.66. The fraction of sp³-hybridized carbons (Fsp3) is 0.500. The highest BCUT2D eigenvalue weighted by molar-refractivity contribution is 5.64. The number of nitro groups is 1. The molecule has 0 bridgehead atoms. The molecule has 0 saturated carbocycles. The molecule has 0 amide bonds. The molecule has 0 N–H and O–H groups in total. The number of nitrogens with zero attached hydrogens (tertiary/aromatic N) is 1. The van der Waals surface area contributed by atoms with Gasteiger partial charge in [-0.2, -0.15) is 0 Å². The predicted octanol–water partition coefficient (Wildman–Crippen LogP) is 1.74. The average Bonchev–Trinajstić information content (AvgIpc) is 2.45. The van der Waals surface area contributed by atoms with Crippen molar-refractivity contribution >= 4 is 5.69 Å². The summed E-state index contributed by atoms with van der Waals surface area (Å²) >= 11 is 0. The van der Waals surface area contributed by atoms with Crippen LogP contribution in [0.1, 0.15) is 5.56 Å². The van der Waals surface area contributed by atoms with Gasteiger partial charge in [0.2, 0.25) is 5.75 Å². The summed E-state index contributed by atoms with van der Waals surface area (Å²) in [5.74, 6) is 0.692. The van der Waals surface area contributed by atoms with E-state index in [1.54, 1.807) is 0 Å². The molecular weight excluding hydrogens is 270 g/mol. The van der Waals surface area contributed by atoms with E-state index in [-0.39, 0.29) is 41.9 Å². The summed E-state index contributed by atoms with van der Waals surface area (Å²) in [4.78, 5) is 10.6. The minimum Gasteiger partial charge on any atom is -0.492 e. The molecule has 112 valence electrons. The second-order valence-corrected chi connectivity index (χ2v) is 3.66. The maximum absolute atomic E-state index is 11.2. The minimum absolute atomic E-state index is 0.00858. The summed E-state index contributed by atoms with van der Waals surface area (Å²) in [6.45, 7) is -0.0394. The molecule has 0 saturated heterocycles. The van der Waals surface area contributed by atoms with Crippen molar-refractivity contribution < 1.29 is 28.6 Å². The second kappa shape index (κ2) is 7.51. The van der Waals surface area contributed by atoms with Crippen molar-refractivity contribution in [1.29, 1.82) is 0 Å². The van der Waals surface area contributed by atoms with E-state index in [9.17, 15) is 10.1 Å². The summed E-state index contributed by atoms with van der Waals surface area (Å²) in [6, 6.07) is 1.27. The fourth-order valence-electron chi connectivity index (χ4n) is 1.73. The quantitative estimate of drug-likeness (QED) is 0.311. The van der Waals surface area contributed by atoms with Gasteiger partial charge in [-0.1, -0.05) is 0 Å². The highest BCUT2D eigenvalue weighted by atomic mass is 16.7. The number of hydrogen-bond donors (Lipinski definition) is 0. The number of rotatable bonds is 8. The van der Waals surface area contributed by atoms with E-state index in [1.807, 2.05) is 0 Å². The fourth-order valence-corrected chi connectivity index (χ4v) is 1.73. The van der Waals surface area contributed by atoms with E-state index in [0.717, 1.165) is 0 Å². The maximum atomic E-state index is 11.2. The number of hydrogen-bond acceptors (Lipinski definition) is 7. The normalized spacial score (nSPS) is 10.2. The molecule has 0 radical (unpaired) electrons. The van der Waals surface area contributed by atoms with Crippen LogP contribution < -0.4 is 14.2 Å². The van der Waals surface area contributed by atoms with Gasteiger partial charge in [-0.25, -0.2) is 0 Å². The number of nitro benzene ring substituents is 1. The number of methoxy groups -OCH3 is 4. The monoisotopic (exact) mass is 287 g/mol. The Balaban J connectivity index is 3.37. The first-order chi connectivity index (χ1) is 9.60. The Hall–Kier alpha value is -2.06. The lowest BCUT2D eigenvalue weighted by atomic mass is 10.1. The summed E-state index contributed by atoms with van der Waals surface area (Å²) in [6.07, 6.45) is 0. The van der Waals surface area contributed by atoms with Crippen molar-refractivity contribution in [2.24, 2.45) is 0 Å². The smallest absolute Gasteiger partial charge is 0.282 e. The van der Waals surface area contributed by atoms with Crippen LogP contribution >= 0.6 is 0 Å². The van der Waals surface area contributed by atoms with E-state index in [1.165, 1.54) is 34.5 Å². The van der Waals surface area contributed by atoms with E-state index in [0.29, 0.717) is 0 Å². The summed E-state index contributed by atoms with van der Waals surface area (Å²) < 4.78 is 25.4. The summed E-state index contributed by atoms with van der Waals surface area (Å²) in [7, 11) is 5.66. The van der Waals surface area contributed by atoms with Crippen LogP contribution in [0.15, 0.2) is 6.07 Å². The Labute approximate surface area is 116 Å². The SMILES string of the molecule is COCOCc1c([N+](=O)[O-])cc(OC)c(OC)c1OC. The van der Waals surface area contributed by atoms with Gasteiger partial charge in [0.1, 0.15) is 12.4 Å². The molecule has 1 aromatic rings. The van der Waals surface area contributed by atoms with Gasteiger partial charge in [0.25, 0.3) is 5.69 Å². The van der Waals surface area contributed by atoms with Crippen LogP contribution in [-0.4, -0.2) is 40.2 Å². The lowest BCUT2D eigenvalue weighted by molar-refractivity contribution is -0.386. The van der Waals surface area contributed by atoms with Crippen molar-refractivity contribution in [1.82, 2.24) is 0 Å². The zero-order valence-electron chi connectivity index (χ0n) is 11.8. The number of benzene rings is 1. The lowest BCUT2D eigenvalue weighted by Gasteiger charge is -2.16. The van der Waals surface area contributed by atoms with Crippen molar-refractivity contribution in [3.05, 3.63) is 21.7 Å². The standard InChI is InChI=1S/C12H17NO7/c1-16-7-20-6-8-9(13(14)15)5-10(17-2)12(19-4)11(8)18-3/h5H,6-7H2,1-4H3. The van der Waals surface area contributed by atoms with Crippen LogP contribution in [0, 0.1) is 10.1 Å². The summed E-state index contributed by atoms with van der Waals surface area (Å²) in [5, 5.41) is 11.2. The molecule has 0 spiro atoms. The average molecular weight is 287 g/mol. The Kier molecular flexibility index (Phi) is 6.01. The lowest BCUT2D eigenvalue weighted by Crippen LogP contribution is -2.06. The molecule has 0 atom stereocenters. The molecule has 20 heavy (non-hydrogen) atoms. The summed E-state index contributed by atoms with van der Waals surface area (Å²) in [5.41, 5.74) is 0.0859. The van der Waals surface area contributed by atoms with Crippen molar-refractivity contribution in [3.8, 4) is 17.2 Å². The number of ether oxygens (including phenoxy) is 5. The van der Waals surface area contributed by atoms with Crippen LogP contribution in [-0.2, 0) is 16.1 Å². The van der Waals surface area contributed by atoms with E-state index < -0.39 is 4.92 Å². The Bertz CT molecular complexity index is 475. The van der Waals surface area contributed by atoms with Gasteiger partial charge in [0.05, 0.1) is 38.9 Å². The molecular formula is C12H17NO7. The van der Waals surface area contributed by atoms with Gasteiger partial charge >= 0.3 is 0 Å². The first-order valence-electron chi connectivity index (χ1n) is 5.63. The zero-order chi connectivity index (χ0) is 15.1. The molecule has 0 aliphatic carbocycles. The third-order valence-corrected chi connectivity index (χ3v) is 2.55. The first kappa shape index (κ1) is 16.0. The van der Waals surface area contributed by atoms with Crippen LogP contribution in [0.4, 0.5) is 5.69 Å². The third kappa shape index (κ3) is 3.28. The maximum Gasteiger partial charge on any atom is 0.282 e. The van der Waals surface area contributed by atoms with Crippen molar-refractivity contribution in [3.63, 3.8) is 0 Å². The topological polar surface area (TPSA) is 89.3 Å². The van der Waals surface area contributed by atoms with Gasteiger partial charge in [-0.15, -0.1) is 0 Å².